The van der Waals surface area contributed by atoms with Crippen LogP contribution < -0.4 is 5.43 Å². The molecule has 1 aromatic rings. The van der Waals surface area contributed by atoms with Crippen molar-refractivity contribution in [3.63, 3.8) is 0 Å². The van der Waals surface area contributed by atoms with E-state index < -0.39 is 47.0 Å². The maximum atomic E-state index is 13.1. The topological polar surface area (TPSA) is 120 Å². The standard InChI is InChI=1S/C26H40N2O8/c1-24(2,3)34-21(30)19(15-16-20(29)33-17-18-13-11-10-12-14-18)28(23(32)36-26(7,8)9)27-22(31)35-25(4,5)6/h10-14,19H,15-17H2,1-9H3,(H,27,31). The van der Waals surface area contributed by atoms with Gasteiger partial charge in [-0.05, 0) is 74.3 Å². The van der Waals surface area contributed by atoms with Gasteiger partial charge in [-0.25, -0.2) is 24.8 Å². The van der Waals surface area contributed by atoms with Gasteiger partial charge in [0.1, 0.15) is 23.4 Å². The number of nitrogens with zero attached hydrogens (tertiary/aromatic N) is 1. The van der Waals surface area contributed by atoms with Crippen molar-refractivity contribution >= 4 is 24.1 Å². The molecule has 0 aliphatic heterocycles. The van der Waals surface area contributed by atoms with Gasteiger partial charge in [0, 0.05) is 6.42 Å². The van der Waals surface area contributed by atoms with E-state index in [-0.39, 0.29) is 19.4 Å². The highest BCUT2D eigenvalue weighted by Crippen LogP contribution is 2.19. The van der Waals surface area contributed by atoms with Crippen molar-refractivity contribution < 1.29 is 38.1 Å². The minimum absolute atomic E-state index is 0.0583. The summed E-state index contributed by atoms with van der Waals surface area (Å²) in [6, 6.07) is 7.72. The number of hydrogen-bond donors (Lipinski definition) is 1. The lowest BCUT2D eigenvalue weighted by Crippen LogP contribution is -2.57. The van der Waals surface area contributed by atoms with Crippen LogP contribution in [0.5, 0.6) is 0 Å². The van der Waals surface area contributed by atoms with Crippen LogP contribution in [0.4, 0.5) is 9.59 Å². The molecule has 0 heterocycles. The Hall–Kier alpha value is -3.30. The number of carbonyl (C=O) groups excluding carboxylic acids is 4. The van der Waals surface area contributed by atoms with Crippen LogP contribution >= 0.6 is 0 Å². The number of hydrazine groups is 1. The van der Waals surface area contributed by atoms with Gasteiger partial charge in [0.15, 0.2) is 6.04 Å². The highest BCUT2D eigenvalue weighted by atomic mass is 16.6. The third kappa shape index (κ3) is 13.0. The molecule has 1 N–H and O–H groups in total. The molecule has 0 radical (unpaired) electrons. The summed E-state index contributed by atoms with van der Waals surface area (Å²) in [7, 11) is 0. The molecule has 0 spiro atoms. The van der Waals surface area contributed by atoms with Gasteiger partial charge in [0.25, 0.3) is 0 Å². The van der Waals surface area contributed by atoms with Gasteiger partial charge in [-0.15, -0.1) is 0 Å². The lowest BCUT2D eigenvalue weighted by molar-refractivity contribution is -0.163. The Kier molecular flexibility index (Phi) is 10.8. The summed E-state index contributed by atoms with van der Waals surface area (Å²) in [5.74, 6) is -1.42. The Morgan fingerprint density at radius 3 is 1.83 bits per heavy atom. The molecule has 0 saturated carbocycles. The van der Waals surface area contributed by atoms with Crippen LogP contribution in [0, 0.1) is 0 Å². The number of hydrogen-bond acceptors (Lipinski definition) is 8. The van der Waals surface area contributed by atoms with E-state index in [1.165, 1.54) is 0 Å². The molecule has 1 atom stereocenters. The van der Waals surface area contributed by atoms with E-state index in [0.717, 1.165) is 5.56 Å². The van der Waals surface area contributed by atoms with E-state index in [1.807, 2.05) is 30.3 Å². The average molecular weight is 509 g/mol. The molecular weight excluding hydrogens is 468 g/mol. The molecule has 1 rings (SSSR count). The van der Waals surface area contributed by atoms with Gasteiger partial charge in [0.2, 0.25) is 0 Å². The lowest BCUT2D eigenvalue weighted by Gasteiger charge is -2.34. The van der Waals surface area contributed by atoms with Crippen molar-refractivity contribution in [2.75, 3.05) is 0 Å². The normalized spacial score (nSPS) is 12.7. The molecule has 0 aliphatic rings. The first-order valence-electron chi connectivity index (χ1n) is 11.8. The van der Waals surface area contributed by atoms with Crippen LogP contribution in [0.2, 0.25) is 0 Å². The molecular formula is C26H40N2O8. The van der Waals surface area contributed by atoms with Gasteiger partial charge < -0.3 is 18.9 Å². The fourth-order valence-corrected chi connectivity index (χ4v) is 2.75. The third-order valence-corrected chi connectivity index (χ3v) is 4.06. The number of esters is 2. The second-order valence-corrected chi connectivity index (χ2v) is 11.2. The lowest BCUT2D eigenvalue weighted by atomic mass is 10.1. The molecule has 10 heteroatoms. The summed E-state index contributed by atoms with van der Waals surface area (Å²) in [6.45, 7) is 14.9. The molecule has 0 aromatic heterocycles. The molecule has 0 fully saturated rings. The first-order valence-corrected chi connectivity index (χ1v) is 11.8. The molecule has 0 bridgehead atoms. The number of benzene rings is 1. The fourth-order valence-electron chi connectivity index (χ4n) is 2.75. The van der Waals surface area contributed by atoms with Crippen LogP contribution in [0.1, 0.15) is 80.7 Å². The minimum Gasteiger partial charge on any atom is -0.461 e. The Bertz CT molecular complexity index is 895. The fraction of sp³-hybridized carbons (Fsp3) is 0.615. The van der Waals surface area contributed by atoms with E-state index in [9.17, 15) is 19.2 Å². The predicted molar refractivity (Wildman–Crippen MR) is 133 cm³/mol. The Morgan fingerprint density at radius 2 is 1.33 bits per heavy atom. The van der Waals surface area contributed by atoms with Gasteiger partial charge in [-0.3, -0.25) is 4.79 Å². The van der Waals surface area contributed by atoms with Crippen molar-refractivity contribution in [1.82, 2.24) is 10.4 Å². The summed E-state index contributed by atoms with van der Waals surface area (Å²) in [4.78, 5) is 51.1. The predicted octanol–water partition coefficient (Wildman–Crippen LogP) is 4.90. The van der Waals surface area contributed by atoms with Crippen molar-refractivity contribution in [3.05, 3.63) is 35.9 Å². The SMILES string of the molecule is CC(C)(C)OC(=O)NN(C(=O)OC(C)(C)C)C(CCC(=O)OCc1ccccc1)C(=O)OC(C)(C)C. The van der Waals surface area contributed by atoms with Crippen molar-refractivity contribution in [3.8, 4) is 0 Å². The van der Waals surface area contributed by atoms with Gasteiger partial charge in [-0.1, -0.05) is 30.3 Å². The van der Waals surface area contributed by atoms with E-state index in [0.29, 0.717) is 5.01 Å². The zero-order chi connectivity index (χ0) is 27.7. The molecule has 0 saturated heterocycles. The van der Waals surface area contributed by atoms with Crippen molar-refractivity contribution in [1.29, 1.82) is 0 Å². The largest absolute Gasteiger partial charge is 0.461 e. The quantitative estimate of drug-likeness (QED) is 0.314. The van der Waals surface area contributed by atoms with Crippen LogP contribution in [0.3, 0.4) is 0 Å². The van der Waals surface area contributed by atoms with Crippen LogP contribution in [-0.2, 0) is 35.1 Å². The van der Waals surface area contributed by atoms with Crippen LogP contribution in [0.25, 0.3) is 0 Å². The Balaban J connectivity index is 3.14. The Morgan fingerprint density at radius 1 is 0.806 bits per heavy atom. The molecule has 0 aliphatic carbocycles. The number of carbonyl (C=O) groups is 4. The third-order valence-electron chi connectivity index (χ3n) is 4.06. The summed E-state index contributed by atoms with van der Waals surface area (Å²) < 4.78 is 21.4. The van der Waals surface area contributed by atoms with Gasteiger partial charge >= 0.3 is 24.1 Å². The van der Waals surface area contributed by atoms with Crippen molar-refractivity contribution in [2.45, 2.75) is 105 Å². The smallest absolute Gasteiger partial charge is 0.430 e. The summed E-state index contributed by atoms with van der Waals surface area (Å²) >= 11 is 0. The van der Waals surface area contributed by atoms with E-state index in [2.05, 4.69) is 5.43 Å². The molecule has 36 heavy (non-hydrogen) atoms. The highest BCUT2D eigenvalue weighted by Gasteiger charge is 2.38. The summed E-state index contributed by atoms with van der Waals surface area (Å²) in [5.41, 5.74) is 0.396. The van der Waals surface area contributed by atoms with Gasteiger partial charge in [-0.2, -0.15) is 0 Å². The maximum Gasteiger partial charge on any atom is 0.430 e. The first-order chi connectivity index (χ1) is 16.4. The monoisotopic (exact) mass is 508 g/mol. The van der Waals surface area contributed by atoms with Crippen LogP contribution in [-0.4, -0.2) is 52.0 Å². The summed E-state index contributed by atoms with van der Waals surface area (Å²) in [5, 5.41) is 0.706. The first kappa shape index (κ1) is 30.7. The molecule has 2 amide bonds. The molecule has 202 valence electrons. The maximum absolute atomic E-state index is 13.1. The minimum atomic E-state index is -1.39. The number of amides is 2. The zero-order valence-corrected chi connectivity index (χ0v) is 22.8. The number of rotatable bonds is 7. The number of ether oxygens (including phenoxy) is 4. The van der Waals surface area contributed by atoms with Gasteiger partial charge in [0.05, 0.1) is 0 Å². The zero-order valence-electron chi connectivity index (χ0n) is 22.8. The molecule has 1 aromatic carbocycles. The van der Waals surface area contributed by atoms with E-state index in [1.54, 1.807) is 62.3 Å². The average Bonchev–Trinajstić information content (AvgIpc) is 2.68. The molecule has 10 nitrogen and oxygen atoms in total. The van der Waals surface area contributed by atoms with E-state index in [4.69, 9.17) is 18.9 Å². The van der Waals surface area contributed by atoms with E-state index >= 15 is 0 Å². The van der Waals surface area contributed by atoms with Crippen LogP contribution in [0.15, 0.2) is 30.3 Å². The Labute approximate surface area is 213 Å². The number of nitrogens with one attached hydrogen (secondary N) is 1. The van der Waals surface area contributed by atoms with Crippen molar-refractivity contribution in [2.24, 2.45) is 0 Å². The second-order valence-electron chi connectivity index (χ2n) is 11.2. The second kappa shape index (κ2) is 12.6. The highest BCUT2D eigenvalue weighted by molar-refractivity contribution is 5.84. The molecule has 1 unspecified atom stereocenters. The summed E-state index contributed by atoms with van der Waals surface area (Å²) in [6.07, 6.45) is -2.42.